The van der Waals surface area contributed by atoms with Crippen LogP contribution in [-0.4, -0.2) is 0 Å². The molecule has 0 saturated carbocycles. The van der Waals surface area contributed by atoms with E-state index >= 15 is 0 Å². The molecule has 0 atom stereocenters. The van der Waals surface area contributed by atoms with Gasteiger partial charge in [-0.25, -0.2) is 0 Å². The Hall–Kier alpha value is -1.35. The van der Waals surface area contributed by atoms with Crippen molar-refractivity contribution in [1.82, 2.24) is 0 Å². The summed E-state index contributed by atoms with van der Waals surface area (Å²) in [6.07, 6.45) is 0. The van der Waals surface area contributed by atoms with E-state index in [-0.39, 0.29) is 5.43 Å². The van der Waals surface area contributed by atoms with Crippen LogP contribution in [0.25, 0.3) is 0 Å². The standard InChI is InChI=1S/C9H12N2O/c1-6-3-4-7(2)9(12)8(5-6)11-10/h3-5H,10H2,1-2H3,(H,11,12). The number of hydrogen-bond donors (Lipinski definition) is 2. The minimum absolute atomic E-state index is 0.0504. The lowest BCUT2D eigenvalue weighted by molar-refractivity contribution is 1.31. The first-order valence-corrected chi connectivity index (χ1v) is 3.73. The van der Waals surface area contributed by atoms with Crippen molar-refractivity contribution in [2.45, 2.75) is 13.8 Å². The highest BCUT2D eigenvalue weighted by molar-refractivity contribution is 5.45. The van der Waals surface area contributed by atoms with E-state index in [2.05, 4.69) is 5.43 Å². The quantitative estimate of drug-likeness (QED) is 0.480. The van der Waals surface area contributed by atoms with Crippen LogP contribution < -0.4 is 16.7 Å². The number of hydrazine groups is 1. The maximum absolute atomic E-state index is 11.4. The first-order valence-electron chi connectivity index (χ1n) is 3.73. The summed E-state index contributed by atoms with van der Waals surface area (Å²) in [5.41, 5.74) is 4.47. The van der Waals surface area contributed by atoms with E-state index in [1.54, 1.807) is 19.1 Å². The molecule has 0 saturated heterocycles. The highest BCUT2D eigenvalue weighted by Crippen LogP contribution is 2.02. The minimum Gasteiger partial charge on any atom is -0.321 e. The smallest absolute Gasteiger partial charge is 0.205 e. The summed E-state index contributed by atoms with van der Waals surface area (Å²) in [5, 5.41) is 0. The van der Waals surface area contributed by atoms with Gasteiger partial charge in [0.1, 0.15) is 0 Å². The Morgan fingerprint density at radius 3 is 2.58 bits per heavy atom. The zero-order valence-corrected chi connectivity index (χ0v) is 7.22. The van der Waals surface area contributed by atoms with E-state index in [1.165, 1.54) is 0 Å². The Morgan fingerprint density at radius 1 is 1.33 bits per heavy atom. The van der Waals surface area contributed by atoms with Crippen LogP contribution in [0.5, 0.6) is 0 Å². The number of nitrogens with two attached hydrogens (primary N) is 1. The lowest BCUT2D eigenvalue weighted by atomic mass is 10.3. The Kier molecular flexibility index (Phi) is 2.45. The molecule has 0 bridgehead atoms. The second-order valence-corrected chi connectivity index (χ2v) is 2.79. The molecule has 0 fully saturated rings. The number of aryl methyl sites for hydroxylation is 2. The van der Waals surface area contributed by atoms with Crippen molar-refractivity contribution in [2.24, 2.45) is 5.84 Å². The maximum atomic E-state index is 11.4. The van der Waals surface area contributed by atoms with Gasteiger partial charge in [-0.05, 0) is 31.0 Å². The molecule has 1 aromatic carbocycles. The second kappa shape index (κ2) is 3.36. The molecule has 3 N–H and O–H groups in total. The SMILES string of the molecule is Cc1ccc(C)c(=O)c(NN)c1. The monoisotopic (exact) mass is 164 g/mol. The number of rotatable bonds is 1. The molecule has 0 radical (unpaired) electrons. The molecule has 1 rings (SSSR count). The summed E-state index contributed by atoms with van der Waals surface area (Å²) in [6.45, 7) is 3.68. The Labute approximate surface area is 71.2 Å². The Morgan fingerprint density at radius 2 is 2.00 bits per heavy atom. The predicted molar refractivity (Wildman–Crippen MR) is 50.0 cm³/mol. The van der Waals surface area contributed by atoms with E-state index in [0.29, 0.717) is 11.3 Å². The topological polar surface area (TPSA) is 55.1 Å². The summed E-state index contributed by atoms with van der Waals surface area (Å²) >= 11 is 0. The van der Waals surface area contributed by atoms with Gasteiger partial charge in [0.25, 0.3) is 0 Å². The van der Waals surface area contributed by atoms with E-state index in [4.69, 9.17) is 5.84 Å². The second-order valence-electron chi connectivity index (χ2n) is 2.79. The molecule has 0 unspecified atom stereocenters. The van der Waals surface area contributed by atoms with Gasteiger partial charge in [0, 0.05) is 0 Å². The number of anilines is 1. The number of nitrogen functional groups attached to an aromatic ring is 1. The summed E-state index contributed by atoms with van der Waals surface area (Å²) in [6, 6.07) is 5.41. The van der Waals surface area contributed by atoms with Crippen LogP contribution in [0, 0.1) is 13.8 Å². The molecular weight excluding hydrogens is 152 g/mol. The maximum Gasteiger partial charge on any atom is 0.205 e. The molecule has 0 aliphatic carbocycles. The first kappa shape index (κ1) is 8.74. The largest absolute Gasteiger partial charge is 0.321 e. The predicted octanol–water partition coefficient (Wildman–Crippen LogP) is 0.949. The van der Waals surface area contributed by atoms with Gasteiger partial charge in [0.15, 0.2) is 0 Å². The van der Waals surface area contributed by atoms with Gasteiger partial charge in [-0.15, -0.1) is 0 Å². The zero-order valence-electron chi connectivity index (χ0n) is 7.22. The van der Waals surface area contributed by atoms with Crippen molar-refractivity contribution in [2.75, 3.05) is 5.43 Å². The van der Waals surface area contributed by atoms with Gasteiger partial charge in [-0.1, -0.05) is 12.1 Å². The van der Waals surface area contributed by atoms with Gasteiger partial charge in [-0.3, -0.25) is 10.6 Å². The summed E-state index contributed by atoms with van der Waals surface area (Å²) in [4.78, 5) is 11.4. The van der Waals surface area contributed by atoms with Crippen LogP contribution in [0.4, 0.5) is 5.69 Å². The molecule has 0 aliphatic heterocycles. The van der Waals surface area contributed by atoms with E-state index in [0.717, 1.165) is 5.56 Å². The molecule has 1 aromatic rings. The highest BCUT2D eigenvalue weighted by Gasteiger charge is 1.97. The van der Waals surface area contributed by atoms with Crippen LogP contribution in [0.15, 0.2) is 23.0 Å². The third-order valence-corrected chi connectivity index (χ3v) is 1.73. The number of hydrogen-bond acceptors (Lipinski definition) is 3. The zero-order chi connectivity index (χ0) is 9.14. The summed E-state index contributed by atoms with van der Waals surface area (Å²) < 4.78 is 0. The molecule has 0 aromatic heterocycles. The fraction of sp³-hybridized carbons (Fsp3) is 0.222. The van der Waals surface area contributed by atoms with Crippen molar-refractivity contribution in [3.8, 4) is 0 Å². The van der Waals surface area contributed by atoms with Gasteiger partial charge < -0.3 is 5.43 Å². The fourth-order valence-corrected chi connectivity index (χ4v) is 0.993. The average Bonchev–Trinajstić information content (AvgIpc) is 2.18. The molecule has 0 spiro atoms. The normalized spacial score (nSPS) is 9.58. The van der Waals surface area contributed by atoms with E-state index in [1.807, 2.05) is 13.0 Å². The van der Waals surface area contributed by atoms with Crippen LogP contribution >= 0.6 is 0 Å². The third-order valence-electron chi connectivity index (χ3n) is 1.73. The molecule has 3 nitrogen and oxygen atoms in total. The molecule has 0 amide bonds. The van der Waals surface area contributed by atoms with Crippen LogP contribution in [0.3, 0.4) is 0 Å². The van der Waals surface area contributed by atoms with Crippen molar-refractivity contribution < 1.29 is 0 Å². The Balaban J connectivity index is 3.50. The molecule has 12 heavy (non-hydrogen) atoms. The molecular formula is C9H12N2O. The van der Waals surface area contributed by atoms with Crippen LogP contribution in [-0.2, 0) is 0 Å². The van der Waals surface area contributed by atoms with Crippen molar-refractivity contribution >= 4 is 5.69 Å². The van der Waals surface area contributed by atoms with Crippen molar-refractivity contribution in [3.05, 3.63) is 39.5 Å². The first-order chi connectivity index (χ1) is 5.65. The molecule has 3 heteroatoms. The van der Waals surface area contributed by atoms with Gasteiger partial charge in [0.05, 0.1) is 5.69 Å². The third kappa shape index (κ3) is 1.62. The highest BCUT2D eigenvalue weighted by atomic mass is 16.1. The van der Waals surface area contributed by atoms with E-state index in [9.17, 15) is 4.79 Å². The van der Waals surface area contributed by atoms with Gasteiger partial charge in [-0.2, -0.15) is 0 Å². The van der Waals surface area contributed by atoms with Crippen molar-refractivity contribution in [3.63, 3.8) is 0 Å². The molecule has 0 aliphatic rings. The Bertz CT molecular complexity index is 347. The average molecular weight is 164 g/mol. The fourth-order valence-electron chi connectivity index (χ4n) is 0.993. The van der Waals surface area contributed by atoms with Crippen molar-refractivity contribution in [1.29, 1.82) is 0 Å². The summed E-state index contributed by atoms with van der Waals surface area (Å²) in [7, 11) is 0. The lowest BCUT2D eigenvalue weighted by Gasteiger charge is -1.93. The molecule has 0 heterocycles. The van der Waals surface area contributed by atoms with Gasteiger partial charge >= 0.3 is 0 Å². The van der Waals surface area contributed by atoms with Gasteiger partial charge in [0.2, 0.25) is 5.43 Å². The van der Waals surface area contributed by atoms with Crippen LogP contribution in [0.1, 0.15) is 11.1 Å². The number of nitrogens with one attached hydrogen (secondary N) is 1. The molecule has 64 valence electrons. The van der Waals surface area contributed by atoms with Crippen LogP contribution in [0.2, 0.25) is 0 Å². The summed E-state index contributed by atoms with van der Waals surface area (Å²) in [5.74, 6) is 5.19. The lowest BCUT2D eigenvalue weighted by Crippen LogP contribution is -2.16. The minimum atomic E-state index is -0.0504. The van der Waals surface area contributed by atoms with E-state index < -0.39 is 0 Å².